The fraction of sp³-hybridized carbons (Fsp3) is 0.714. The maximum atomic E-state index is 5.42. The van der Waals surface area contributed by atoms with E-state index in [-0.39, 0.29) is 0 Å². The molecule has 3 rings (SSSR count). The summed E-state index contributed by atoms with van der Waals surface area (Å²) < 4.78 is 7.66. The molecule has 146 valence electrons. The number of rotatable bonds is 4. The van der Waals surface area contributed by atoms with Gasteiger partial charge >= 0.3 is 0 Å². The normalized spacial score (nSPS) is 20.3. The summed E-state index contributed by atoms with van der Waals surface area (Å²) in [5.74, 6) is 1.20. The Morgan fingerprint density at radius 3 is 2.08 bits per heavy atom. The van der Waals surface area contributed by atoms with E-state index in [2.05, 4.69) is 49.4 Å². The van der Waals surface area contributed by atoms with Gasteiger partial charge in [0.25, 0.3) is 0 Å². The van der Waals surface area contributed by atoms with Crippen molar-refractivity contribution >= 4 is 11.3 Å². The molecule has 26 heavy (non-hydrogen) atoms. The lowest BCUT2D eigenvalue weighted by molar-refractivity contribution is 0.0565. The summed E-state index contributed by atoms with van der Waals surface area (Å²) in [5, 5.41) is 5.75. The second kappa shape index (κ2) is 9.65. The summed E-state index contributed by atoms with van der Waals surface area (Å²) >= 11 is 1.78. The first-order valence-electron chi connectivity index (χ1n) is 9.82. The molecule has 1 aliphatic rings. The molecule has 0 atom stereocenters. The summed E-state index contributed by atoms with van der Waals surface area (Å²) in [7, 11) is 1.82. The number of hydrogen-bond acceptors (Lipinski definition) is 4. The van der Waals surface area contributed by atoms with Gasteiger partial charge in [-0.2, -0.15) is 5.10 Å². The molecule has 0 spiro atoms. The van der Waals surface area contributed by atoms with Crippen LogP contribution in [-0.4, -0.2) is 28.0 Å². The second-order valence-electron chi connectivity index (χ2n) is 7.89. The van der Waals surface area contributed by atoms with Crippen LogP contribution in [0.5, 0.6) is 0 Å². The highest BCUT2D eigenvalue weighted by atomic mass is 32.1. The van der Waals surface area contributed by atoms with Gasteiger partial charge in [-0.25, -0.2) is 4.98 Å². The predicted molar refractivity (Wildman–Crippen MR) is 110 cm³/mol. The Kier molecular flexibility index (Phi) is 7.84. The standard InChI is InChI=1S/C14H24N2O.C7H11NS/c1-10(2)14-9-15-16(11(14)3)12-5-7-13(17-4)8-6-12;1-5(2)7-4-8-6(3)9-7/h9-10,12-13H,5-8H2,1-4H3;4-5H,1-3H3. The van der Waals surface area contributed by atoms with Crippen molar-refractivity contribution in [2.24, 2.45) is 0 Å². The van der Waals surface area contributed by atoms with Gasteiger partial charge < -0.3 is 4.74 Å². The van der Waals surface area contributed by atoms with Gasteiger partial charge in [0.15, 0.2) is 0 Å². The van der Waals surface area contributed by atoms with Crippen molar-refractivity contribution in [3.8, 4) is 0 Å². The van der Waals surface area contributed by atoms with Gasteiger partial charge in [0.2, 0.25) is 0 Å². The van der Waals surface area contributed by atoms with Crippen molar-refractivity contribution in [1.82, 2.24) is 14.8 Å². The molecule has 0 aliphatic heterocycles. The summed E-state index contributed by atoms with van der Waals surface area (Å²) in [4.78, 5) is 5.54. The van der Waals surface area contributed by atoms with Gasteiger partial charge in [0.1, 0.15) is 0 Å². The number of thiazole rings is 1. The van der Waals surface area contributed by atoms with E-state index in [1.165, 1.54) is 34.0 Å². The summed E-state index contributed by atoms with van der Waals surface area (Å²) in [6.45, 7) is 13.1. The Morgan fingerprint density at radius 1 is 1.04 bits per heavy atom. The Morgan fingerprint density at radius 2 is 1.69 bits per heavy atom. The lowest BCUT2D eigenvalue weighted by atomic mass is 9.92. The summed E-state index contributed by atoms with van der Waals surface area (Å²) in [6, 6.07) is 0.578. The maximum absolute atomic E-state index is 5.42. The van der Waals surface area contributed by atoms with Gasteiger partial charge in [-0.1, -0.05) is 27.7 Å². The van der Waals surface area contributed by atoms with E-state index in [4.69, 9.17) is 4.74 Å². The van der Waals surface area contributed by atoms with Crippen LogP contribution in [0.4, 0.5) is 0 Å². The molecule has 0 unspecified atom stereocenters. The molecule has 1 saturated carbocycles. The fourth-order valence-corrected chi connectivity index (χ4v) is 4.33. The van der Waals surface area contributed by atoms with Crippen molar-refractivity contribution in [2.75, 3.05) is 7.11 Å². The van der Waals surface area contributed by atoms with Gasteiger partial charge in [0.05, 0.1) is 23.4 Å². The lowest BCUT2D eigenvalue weighted by Crippen LogP contribution is -2.24. The van der Waals surface area contributed by atoms with Crippen molar-refractivity contribution < 1.29 is 4.74 Å². The average molecular weight is 378 g/mol. The van der Waals surface area contributed by atoms with E-state index in [0.29, 0.717) is 24.0 Å². The van der Waals surface area contributed by atoms with E-state index in [9.17, 15) is 0 Å². The number of aryl methyl sites for hydroxylation is 1. The first-order chi connectivity index (χ1) is 12.3. The van der Waals surface area contributed by atoms with Crippen LogP contribution in [0.15, 0.2) is 12.4 Å². The molecule has 0 amide bonds. The van der Waals surface area contributed by atoms with E-state index in [1.807, 2.05) is 26.4 Å². The van der Waals surface area contributed by atoms with Crippen LogP contribution in [0.3, 0.4) is 0 Å². The third-order valence-corrected chi connectivity index (χ3v) is 6.45. The number of methoxy groups -OCH3 is 1. The monoisotopic (exact) mass is 377 g/mol. The average Bonchev–Trinajstić information content (AvgIpc) is 3.21. The number of ether oxygens (including phenoxy) is 1. The molecule has 1 aliphatic carbocycles. The highest BCUT2D eigenvalue weighted by molar-refractivity contribution is 7.11. The van der Waals surface area contributed by atoms with Crippen LogP contribution in [0.25, 0.3) is 0 Å². The molecule has 5 heteroatoms. The Labute approximate surface area is 163 Å². The molecule has 0 N–H and O–H groups in total. The quantitative estimate of drug-likeness (QED) is 0.654. The molecular formula is C21H35N3OS. The SMILES string of the molecule is COC1CCC(n2ncc(C(C)C)c2C)CC1.Cc1ncc(C(C)C)s1. The van der Waals surface area contributed by atoms with E-state index in [1.54, 1.807) is 11.3 Å². The number of nitrogens with zero attached hydrogens (tertiary/aromatic N) is 3. The first-order valence-corrected chi connectivity index (χ1v) is 10.6. The minimum atomic E-state index is 0.465. The first kappa shape index (κ1) is 21.1. The lowest BCUT2D eigenvalue weighted by Gasteiger charge is -2.28. The third kappa shape index (κ3) is 5.40. The summed E-state index contributed by atoms with van der Waals surface area (Å²) in [6.07, 6.45) is 9.19. The topological polar surface area (TPSA) is 39.9 Å². The minimum Gasteiger partial charge on any atom is -0.381 e. The number of aromatic nitrogens is 3. The van der Waals surface area contributed by atoms with Gasteiger partial charge in [-0.3, -0.25) is 4.68 Å². The van der Waals surface area contributed by atoms with Crippen LogP contribution in [0.2, 0.25) is 0 Å². The van der Waals surface area contributed by atoms with Gasteiger partial charge in [-0.15, -0.1) is 11.3 Å². The van der Waals surface area contributed by atoms with Gasteiger partial charge in [0, 0.05) is 23.9 Å². The smallest absolute Gasteiger partial charge is 0.0896 e. The molecule has 0 bridgehead atoms. The Hall–Kier alpha value is -1.20. The number of hydrogen-bond donors (Lipinski definition) is 0. The molecule has 0 saturated heterocycles. The van der Waals surface area contributed by atoms with Crippen molar-refractivity contribution in [2.45, 2.75) is 91.2 Å². The fourth-order valence-electron chi connectivity index (χ4n) is 3.54. The largest absolute Gasteiger partial charge is 0.381 e. The highest BCUT2D eigenvalue weighted by Crippen LogP contribution is 2.31. The predicted octanol–water partition coefficient (Wildman–Crippen LogP) is 6.02. The van der Waals surface area contributed by atoms with Crippen molar-refractivity contribution in [3.63, 3.8) is 0 Å². The zero-order chi connectivity index (χ0) is 19.3. The van der Waals surface area contributed by atoms with Crippen LogP contribution in [-0.2, 0) is 4.74 Å². The van der Waals surface area contributed by atoms with Crippen molar-refractivity contribution in [3.05, 3.63) is 33.5 Å². The van der Waals surface area contributed by atoms with Crippen LogP contribution >= 0.6 is 11.3 Å². The minimum absolute atomic E-state index is 0.465. The molecule has 4 nitrogen and oxygen atoms in total. The molecule has 2 aromatic rings. The van der Waals surface area contributed by atoms with Crippen LogP contribution in [0, 0.1) is 13.8 Å². The zero-order valence-corrected chi connectivity index (χ0v) is 18.3. The molecule has 2 heterocycles. The Bertz CT molecular complexity index is 667. The van der Waals surface area contributed by atoms with E-state index in [0.717, 1.165) is 12.8 Å². The third-order valence-electron chi connectivity index (χ3n) is 5.24. The van der Waals surface area contributed by atoms with Gasteiger partial charge in [-0.05, 0) is 56.9 Å². The molecule has 2 aromatic heterocycles. The van der Waals surface area contributed by atoms with Crippen molar-refractivity contribution in [1.29, 1.82) is 0 Å². The highest BCUT2D eigenvalue weighted by Gasteiger charge is 2.24. The zero-order valence-electron chi connectivity index (χ0n) is 17.5. The molecular weight excluding hydrogens is 342 g/mol. The summed E-state index contributed by atoms with van der Waals surface area (Å²) in [5.41, 5.74) is 2.74. The molecule has 1 fully saturated rings. The molecule has 0 radical (unpaired) electrons. The van der Waals surface area contributed by atoms with Crippen LogP contribution < -0.4 is 0 Å². The maximum Gasteiger partial charge on any atom is 0.0896 e. The van der Waals surface area contributed by atoms with E-state index < -0.39 is 0 Å². The van der Waals surface area contributed by atoms with Crippen LogP contribution in [0.1, 0.15) is 92.4 Å². The van der Waals surface area contributed by atoms with E-state index >= 15 is 0 Å². The Balaban J connectivity index is 0.000000228. The molecule has 0 aromatic carbocycles. The second-order valence-corrected chi connectivity index (χ2v) is 9.15.